The number of H-pyrrole nitrogens is 1. The molecule has 7 heteroatoms. The Morgan fingerprint density at radius 2 is 2.33 bits per heavy atom. The second-order valence-corrected chi connectivity index (χ2v) is 5.46. The molecule has 1 saturated heterocycles. The van der Waals surface area contributed by atoms with Gasteiger partial charge in [0, 0.05) is 13.1 Å². The number of aromatic amines is 1. The zero-order valence-electron chi connectivity index (χ0n) is 10.1. The third kappa shape index (κ3) is 2.36. The fourth-order valence-electron chi connectivity index (χ4n) is 2.19. The van der Waals surface area contributed by atoms with Gasteiger partial charge in [-0.3, -0.25) is 9.59 Å². The number of nitrogens with zero attached hydrogens (tertiary/aromatic N) is 2. The summed E-state index contributed by atoms with van der Waals surface area (Å²) < 4.78 is 5.34. The number of halogens is 1. The van der Waals surface area contributed by atoms with Crippen molar-refractivity contribution in [3.05, 3.63) is 20.3 Å². The molecule has 6 nitrogen and oxygen atoms in total. The van der Waals surface area contributed by atoms with Crippen molar-refractivity contribution < 1.29 is 9.53 Å². The standard InChI is InChI=1S/C11H14IN3O3/c1-6-3-15(4-7(6)11(17)18-2)9-8(12)10(16)14-5-13-9/h5-7H,3-4H2,1-2H3,(H,13,14,16). The van der Waals surface area contributed by atoms with E-state index < -0.39 is 0 Å². The van der Waals surface area contributed by atoms with Gasteiger partial charge in [-0.2, -0.15) is 0 Å². The summed E-state index contributed by atoms with van der Waals surface area (Å²) in [5.74, 6) is 0.462. The predicted octanol–water partition coefficient (Wildman–Crippen LogP) is 0.620. The Morgan fingerprint density at radius 1 is 1.61 bits per heavy atom. The van der Waals surface area contributed by atoms with Crippen LogP contribution in [-0.4, -0.2) is 36.1 Å². The van der Waals surface area contributed by atoms with E-state index in [1.165, 1.54) is 13.4 Å². The molecular weight excluding hydrogens is 349 g/mol. The van der Waals surface area contributed by atoms with Gasteiger partial charge in [-0.1, -0.05) is 6.92 Å². The van der Waals surface area contributed by atoms with Gasteiger partial charge in [0.15, 0.2) is 0 Å². The van der Waals surface area contributed by atoms with E-state index in [1.54, 1.807) is 0 Å². The number of methoxy groups -OCH3 is 1. The van der Waals surface area contributed by atoms with Crippen LogP contribution < -0.4 is 10.5 Å². The Morgan fingerprint density at radius 3 is 3.00 bits per heavy atom. The van der Waals surface area contributed by atoms with Crippen LogP contribution in [0.25, 0.3) is 0 Å². The fourth-order valence-corrected chi connectivity index (χ4v) is 2.83. The van der Waals surface area contributed by atoms with Gasteiger partial charge in [0.05, 0.1) is 19.4 Å². The SMILES string of the molecule is COC(=O)C1CN(c2nc[nH]c(=O)c2I)CC1C. The van der Waals surface area contributed by atoms with Crippen molar-refractivity contribution in [2.75, 3.05) is 25.1 Å². The summed E-state index contributed by atoms with van der Waals surface area (Å²) in [6.07, 6.45) is 1.38. The summed E-state index contributed by atoms with van der Waals surface area (Å²) in [5, 5.41) is 0. The lowest BCUT2D eigenvalue weighted by Crippen LogP contribution is -2.27. The van der Waals surface area contributed by atoms with Gasteiger partial charge in [0.2, 0.25) is 0 Å². The molecule has 0 aromatic carbocycles. The van der Waals surface area contributed by atoms with Crippen molar-refractivity contribution in [1.29, 1.82) is 0 Å². The van der Waals surface area contributed by atoms with E-state index in [1.807, 2.05) is 34.4 Å². The lowest BCUT2D eigenvalue weighted by atomic mass is 9.99. The lowest BCUT2D eigenvalue weighted by molar-refractivity contribution is -0.145. The highest BCUT2D eigenvalue weighted by molar-refractivity contribution is 14.1. The van der Waals surface area contributed by atoms with Crippen LogP contribution in [-0.2, 0) is 9.53 Å². The van der Waals surface area contributed by atoms with Crippen molar-refractivity contribution in [2.45, 2.75) is 6.92 Å². The maximum absolute atomic E-state index is 11.6. The first-order valence-electron chi connectivity index (χ1n) is 5.60. The molecule has 0 aliphatic carbocycles. The summed E-state index contributed by atoms with van der Waals surface area (Å²) in [4.78, 5) is 31.8. The molecule has 2 heterocycles. The first-order valence-corrected chi connectivity index (χ1v) is 6.68. The Kier molecular flexibility index (Phi) is 3.88. The molecule has 1 N–H and O–H groups in total. The molecule has 0 saturated carbocycles. The van der Waals surface area contributed by atoms with E-state index in [4.69, 9.17) is 4.74 Å². The quantitative estimate of drug-likeness (QED) is 0.616. The van der Waals surface area contributed by atoms with Crippen molar-refractivity contribution >= 4 is 34.4 Å². The molecule has 18 heavy (non-hydrogen) atoms. The van der Waals surface area contributed by atoms with Gasteiger partial charge < -0.3 is 14.6 Å². The van der Waals surface area contributed by atoms with Gasteiger partial charge in [0.25, 0.3) is 5.56 Å². The summed E-state index contributed by atoms with van der Waals surface area (Å²) >= 11 is 1.97. The summed E-state index contributed by atoms with van der Waals surface area (Å²) in [5.41, 5.74) is -0.158. The number of ether oxygens (including phenoxy) is 1. The van der Waals surface area contributed by atoms with Gasteiger partial charge in [0.1, 0.15) is 9.39 Å². The largest absolute Gasteiger partial charge is 0.469 e. The third-order valence-corrected chi connectivity index (χ3v) is 4.17. The molecule has 0 amide bonds. The van der Waals surface area contributed by atoms with Gasteiger partial charge in [-0.05, 0) is 28.5 Å². The van der Waals surface area contributed by atoms with Crippen molar-refractivity contribution in [1.82, 2.24) is 9.97 Å². The van der Waals surface area contributed by atoms with Gasteiger partial charge in [-0.25, -0.2) is 4.98 Å². The van der Waals surface area contributed by atoms with Crippen LogP contribution in [0.5, 0.6) is 0 Å². The zero-order chi connectivity index (χ0) is 13.3. The van der Waals surface area contributed by atoms with Crippen LogP contribution in [0.1, 0.15) is 6.92 Å². The minimum atomic E-state index is -0.204. The Balaban J connectivity index is 2.25. The molecule has 2 atom stereocenters. The lowest BCUT2D eigenvalue weighted by Gasteiger charge is -2.17. The highest BCUT2D eigenvalue weighted by Crippen LogP contribution is 2.28. The fraction of sp³-hybridized carbons (Fsp3) is 0.545. The second kappa shape index (κ2) is 5.25. The molecule has 2 rings (SSSR count). The van der Waals surface area contributed by atoms with Crippen molar-refractivity contribution in [2.24, 2.45) is 11.8 Å². The normalized spacial score (nSPS) is 23.2. The van der Waals surface area contributed by atoms with Crippen LogP contribution in [0.4, 0.5) is 5.82 Å². The summed E-state index contributed by atoms with van der Waals surface area (Å²) in [6, 6.07) is 0. The molecule has 0 spiro atoms. The molecule has 1 fully saturated rings. The summed E-state index contributed by atoms with van der Waals surface area (Å²) in [6.45, 7) is 3.24. The average molecular weight is 363 g/mol. The highest BCUT2D eigenvalue weighted by Gasteiger charge is 2.36. The smallest absolute Gasteiger partial charge is 0.310 e. The monoisotopic (exact) mass is 363 g/mol. The predicted molar refractivity (Wildman–Crippen MR) is 74.5 cm³/mol. The number of esters is 1. The minimum absolute atomic E-state index is 0.158. The van der Waals surface area contributed by atoms with Crippen molar-refractivity contribution in [3.8, 4) is 0 Å². The van der Waals surface area contributed by atoms with E-state index >= 15 is 0 Å². The number of anilines is 1. The number of carbonyl (C=O) groups excluding carboxylic acids is 1. The Hall–Kier alpha value is -1.12. The highest BCUT2D eigenvalue weighted by atomic mass is 127. The number of nitrogens with one attached hydrogen (secondary N) is 1. The maximum Gasteiger partial charge on any atom is 0.310 e. The Labute approximate surface area is 118 Å². The van der Waals surface area contributed by atoms with Crippen LogP contribution in [0.15, 0.2) is 11.1 Å². The van der Waals surface area contributed by atoms with Gasteiger partial charge in [-0.15, -0.1) is 0 Å². The molecule has 1 aromatic heterocycles. The number of hydrogen-bond acceptors (Lipinski definition) is 5. The molecular formula is C11H14IN3O3. The number of hydrogen-bond donors (Lipinski definition) is 1. The van der Waals surface area contributed by atoms with E-state index in [9.17, 15) is 9.59 Å². The maximum atomic E-state index is 11.6. The number of carbonyl (C=O) groups is 1. The molecule has 0 radical (unpaired) electrons. The number of aromatic nitrogens is 2. The van der Waals surface area contributed by atoms with Crippen LogP contribution in [0, 0.1) is 15.4 Å². The average Bonchev–Trinajstić information content (AvgIpc) is 2.73. The molecule has 0 bridgehead atoms. The minimum Gasteiger partial charge on any atom is -0.469 e. The first-order chi connectivity index (χ1) is 8.54. The first kappa shape index (κ1) is 13.3. The van der Waals surface area contributed by atoms with E-state index in [2.05, 4.69) is 9.97 Å². The molecule has 1 aliphatic heterocycles. The zero-order valence-corrected chi connectivity index (χ0v) is 12.3. The summed E-state index contributed by atoms with van der Waals surface area (Å²) in [7, 11) is 1.40. The molecule has 1 aliphatic rings. The van der Waals surface area contributed by atoms with Crippen LogP contribution in [0.2, 0.25) is 0 Å². The molecule has 2 unspecified atom stereocenters. The van der Waals surface area contributed by atoms with E-state index in [0.717, 1.165) is 0 Å². The van der Waals surface area contributed by atoms with E-state index in [0.29, 0.717) is 22.5 Å². The van der Waals surface area contributed by atoms with Crippen LogP contribution in [0.3, 0.4) is 0 Å². The third-order valence-electron chi connectivity index (χ3n) is 3.19. The van der Waals surface area contributed by atoms with Crippen LogP contribution >= 0.6 is 22.6 Å². The number of rotatable bonds is 2. The second-order valence-electron chi connectivity index (χ2n) is 4.38. The van der Waals surface area contributed by atoms with E-state index in [-0.39, 0.29) is 23.4 Å². The Bertz CT molecular complexity index is 517. The molecule has 1 aromatic rings. The topological polar surface area (TPSA) is 75.3 Å². The van der Waals surface area contributed by atoms with Crippen molar-refractivity contribution in [3.63, 3.8) is 0 Å². The molecule has 98 valence electrons. The van der Waals surface area contributed by atoms with Gasteiger partial charge >= 0.3 is 5.97 Å².